The summed E-state index contributed by atoms with van der Waals surface area (Å²) in [6, 6.07) is 3.19. The SMILES string of the molecule is O=C1CCCC(O)=C1C=Nc1ccc(Cl)c(C(F)(F)F)c1. The molecule has 1 aliphatic carbocycles. The lowest BCUT2D eigenvalue weighted by atomic mass is 9.97. The minimum atomic E-state index is -4.58. The molecule has 0 spiro atoms. The highest BCUT2D eigenvalue weighted by Crippen LogP contribution is 2.36. The van der Waals surface area contributed by atoms with Crippen LogP contribution in [0.1, 0.15) is 24.8 Å². The molecule has 1 aromatic carbocycles. The Kier molecular flexibility index (Phi) is 4.37. The molecule has 0 saturated carbocycles. The fourth-order valence-electron chi connectivity index (χ4n) is 1.94. The Morgan fingerprint density at radius 1 is 1.29 bits per heavy atom. The van der Waals surface area contributed by atoms with Gasteiger partial charge in [-0.15, -0.1) is 0 Å². The number of aliphatic hydroxyl groups is 1. The van der Waals surface area contributed by atoms with Crippen LogP contribution < -0.4 is 0 Å². The van der Waals surface area contributed by atoms with Crippen LogP contribution in [0, 0.1) is 0 Å². The molecule has 7 heteroatoms. The van der Waals surface area contributed by atoms with Gasteiger partial charge in [0.05, 0.1) is 21.8 Å². The third-order valence-corrected chi connectivity index (χ3v) is 3.36. The number of alkyl halides is 3. The predicted octanol–water partition coefficient (Wildman–Crippen LogP) is 4.63. The highest BCUT2D eigenvalue weighted by molar-refractivity contribution is 6.31. The summed E-state index contributed by atoms with van der Waals surface area (Å²) in [5, 5.41) is 9.19. The number of benzene rings is 1. The molecule has 112 valence electrons. The first kappa shape index (κ1) is 15.6. The minimum Gasteiger partial charge on any atom is -0.512 e. The van der Waals surface area contributed by atoms with Crippen molar-refractivity contribution in [3.05, 3.63) is 40.1 Å². The molecule has 21 heavy (non-hydrogen) atoms. The number of Topliss-reactive ketones (excluding diaryl/α,β-unsaturated/α-hetero) is 1. The van der Waals surface area contributed by atoms with E-state index in [9.17, 15) is 23.1 Å². The lowest BCUT2D eigenvalue weighted by Crippen LogP contribution is -2.12. The molecule has 2 rings (SSSR count). The molecule has 1 aromatic rings. The maximum Gasteiger partial charge on any atom is 0.417 e. The Bertz CT molecular complexity index is 636. The summed E-state index contributed by atoms with van der Waals surface area (Å²) in [5.41, 5.74) is -0.942. The van der Waals surface area contributed by atoms with Crippen molar-refractivity contribution in [2.75, 3.05) is 0 Å². The Hall–Kier alpha value is -1.82. The summed E-state index contributed by atoms with van der Waals surface area (Å²) in [6.45, 7) is 0. The number of hydrogen-bond donors (Lipinski definition) is 1. The second kappa shape index (κ2) is 5.89. The van der Waals surface area contributed by atoms with E-state index >= 15 is 0 Å². The molecule has 0 unspecified atom stereocenters. The number of aliphatic hydroxyl groups excluding tert-OH is 1. The summed E-state index contributed by atoms with van der Waals surface area (Å²) in [5.74, 6) is -0.354. The zero-order valence-corrected chi connectivity index (χ0v) is 11.5. The lowest BCUT2D eigenvalue weighted by molar-refractivity contribution is -0.137. The van der Waals surface area contributed by atoms with E-state index in [0.717, 1.165) is 18.3 Å². The molecule has 0 bridgehead atoms. The van der Waals surface area contributed by atoms with E-state index in [1.54, 1.807) is 0 Å². The van der Waals surface area contributed by atoms with Gasteiger partial charge in [-0.05, 0) is 24.6 Å². The number of allylic oxidation sites excluding steroid dienone is 2. The number of halogens is 4. The number of nitrogens with zero attached hydrogens (tertiary/aromatic N) is 1. The third-order valence-electron chi connectivity index (χ3n) is 3.03. The molecular weight excluding hydrogens is 307 g/mol. The summed E-state index contributed by atoms with van der Waals surface area (Å²) >= 11 is 5.50. The van der Waals surface area contributed by atoms with E-state index in [0.29, 0.717) is 19.3 Å². The Balaban J connectivity index is 2.32. The number of hydrogen-bond acceptors (Lipinski definition) is 3. The van der Waals surface area contributed by atoms with Crippen LogP contribution in [-0.4, -0.2) is 17.1 Å². The number of rotatable bonds is 2. The minimum absolute atomic E-state index is 0.00500. The molecule has 0 aromatic heterocycles. The van der Waals surface area contributed by atoms with Crippen molar-refractivity contribution in [3.8, 4) is 0 Å². The van der Waals surface area contributed by atoms with Gasteiger partial charge in [-0.2, -0.15) is 13.2 Å². The van der Waals surface area contributed by atoms with Gasteiger partial charge in [0.2, 0.25) is 0 Å². The molecule has 3 nitrogen and oxygen atoms in total. The molecule has 1 N–H and O–H groups in total. The van der Waals surface area contributed by atoms with Gasteiger partial charge in [-0.25, -0.2) is 0 Å². The highest BCUT2D eigenvalue weighted by atomic mass is 35.5. The molecule has 0 amide bonds. The normalized spacial score (nSPS) is 16.9. The second-order valence-electron chi connectivity index (χ2n) is 4.56. The van der Waals surface area contributed by atoms with Crippen molar-refractivity contribution in [2.24, 2.45) is 4.99 Å². The largest absolute Gasteiger partial charge is 0.512 e. The number of ketones is 1. The summed E-state index contributed by atoms with van der Waals surface area (Å²) in [6.07, 6.45) is -2.27. The standard InChI is InChI=1S/C14H11ClF3NO2/c15-11-5-4-8(6-10(11)14(16,17)18)19-7-9-12(20)2-1-3-13(9)21/h4-7,20H,1-3H2. The highest BCUT2D eigenvalue weighted by Gasteiger charge is 2.33. The molecule has 0 radical (unpaired) electrons. The van der Waals surface area contributed by atoms with Crippen molar-refractivity contribution >= 4 is 29.3 Å². The van der Waals surface area contributed by atoms with E-state index in [4.69, 9.17) is 11.6 Å². The Morgan fingerprint density at radius 3 is 2.62 bits per heavy atom. The van der Waals surface area contributed by atoms with Crippen LogP contribution in [0.25, 0.3) is 0 Å². The summed E-state index contributed by atoms with van der Waals surface area (Å²) in [4.78, 5) is 15.4. The number of aliphatic imine (C=N–C) groups is 1. The first-order chi connectivity index (χ1) is 9.79. The fourth-order valence-corrected chi connectivity index (χ4v) is 2.17. The van der Waals surface area contributed by atoms with Gasteiger partial charge < -0.3 is 5.11 Å². The molecular formula is C14H11ClF3NO2. The first-order valence-corrected chi connectivity index (χ1v) is 6.53. The van der Waals surface area contributed by atoms with Gasteiger partial charge in [0, 0.05) is 19.1 Å². The van der Waals surface area contributed by atoms with Crippen molar-refractivity contribution in [3.63, 3.8) is 0 Å². The van der Waals surface area contributed by atoms with Crippen LogP contribution in [0.2, 0.25) is 5.02 Å². The lowest BCUT2D eigenvalue weighted by Gasteiger charge is -2.11. The maximum absolute atomic E-state index is 12.7. The fraction of sp³-hybridized carbons (Fsp3) is 0.286. The Morgan fingerprint density at radius 2 is 2.00 bits per heavy atom. The molecule has 0 saturated heterocycles. The maximum atomic E-state index is 12.7. The second-order valence-corrected chi connectivity index (χ2v) is 4.96. The predicted molar refractivity (Wildman–Crippen MR) is 73.1 cm³/mol. The van der Waals surface area contributed by atoms with E-state index in [-0.39, 0.29) is 22.8 Å². The van der Waals surface area contributed by atoms with Crippen LogP contribution in [0.15, 0.2) is 34.5 Å². The van der Waals surface area contributed by atoms with Crippen molar-refractivity contribution in [2.45, 2.75) is 25.4 Å². The van der Waals surface area contributed by atoms with E-state index in [1.807, 2.05) is 0 Å². The molecule has 0 aliphatic heterocycles. The van der Waals surface area contributed by atoms with Gasteiger partial charge in [-0.3, -0.25) is 9.79 Å². The topological polar surface area (TPSA) is 49.7 Å². The third kappa shape index (κ3) is 3.64. The molecule has 0 atom stereocenters. The van der Waals surface area contributed by atoms with E-state index < -0.39 is 16.8 Å². The first-order valence-electron chi connectivity index (χ1n) is 6.15. The van der Waals surface area contributed by atoms with Crippen molar-refractivity contribution < 1.29 is 23.1 Å². The average Bonchev–Trinajstić information content (AvgIpc) is 2.38. The summed E-state index contributed by atoms with van der Waals surface area (Å²) < 4.78 is 38.1. The molecule has 0 fully saturated rings. The Labute approximate surface area is 123 Å². The van der Waals surface area contributed by atoms with Crippen LogP contribution in [0.3, 0.4) is 0 Å². The van der Waals surface area contributed by atoms with Gasteiger partial charge in [0.1, 0.15) is 5.76 Å². The molecule has 0 heterocycles. The summed E-state index contributed by atoms with van der Waals surface area (Å²) in [7, 11) is 0. The van der Waals surface area contributed by atoms with Crippen LogP contribution in [-0.2, 0) is 11.0 Å². The average molecular weight is 318 g/mol. The van der Waals surface area contributed by atoms with Crippen LogP contribution in [0.4, 0.5) is 18.9 Å². The quantitative estimate of drug-likeness (QED) is 0.809. The van der Waals surface area contributed by atoms with E-state index in [1.165, 1.54) is 6.07 Å². The van der Waals surface area contributed by atoms with Crippen LogP contribution >= 0.6 is 11.6 Å². The monoisotopic (exact) mass is 317 g/mol. The smallest absolute Gasteiger partial charge is 0.417 e. The van der Waals surface area contributed by atoms with Gasteiger partial charge in [-0.1, -0.05) is 11.6 Å². The number of carbonyl (C=O) groups excluding carboxylic acids is 1. The van der Waals surface area contributed by atoms with Crippen molar-refractivity contribution in [1.82, 2.24) is 0 Å². The molecule has 1 aliphatic rings. The van der Waals surface area contributed by atoms with Gasteiger partial charge >= 0.3 is 6.18 Å². The van der Waals surface area contributed by atoms with Gasteiger partial charge in [0.15, 0.2) is 5.78 Å². The zero-order valence-electron chi connectivity index (χ0n) is 10.7. The van der Waals surface area contributed by atoms with E-state index in [2.05, 4.69) is 4.99 Å². The zero-order chi connectivity index (χ0) is 15.6. The van der Waals surface area contributed by atoms with Crippen LogP contribution in [0.5, 0.6) is 0 Å². The number of carbonyl (C=O) groups is 1. The van der Waals surface area contributed by atoms with Crippen molar-refractivity contribution in [1.29, 1.82) is 0 Å². The van der Waals surface area contributed by atoms with Gasteiger partial charge in [0.25, 0.3) is 0 Å².